The summed E-state index contributed by atoms with van der Waals surface area (Å²) in [4.78, 5) is 6.97. The number of nitrogens with zero attached hydrogens (tertiary/aromatic N) is 2. The zero-order chi connectivity index (χ0) is 24.0. The van der Waals surface area contributed by atoms with Crippen molar-refractivity contribution in [3.05, 3.63) is 59.0 Å². The molecule has 0 radical (unpaired) electrons. The molecule has 0 saturated carbocycles. The standard InChI is InChI=1S/C21H18ClF4N3O3S/c22-16-4-2-13(10-19(16)33(31,32)29-7-5-14(30)6-8-29)20-27-11-18(28-20)12-1-3-15(17(23)9-12)21(24,25)26/h1-4,9-11,14,30H,5-8H2,(H,27,28). The third-order valence-electron chi connectivity index (χ3n) is 5.39. The Morgan fingerprint density at radius 2 is 1.76 bits per heavy atom. The molecule has 6 nitrogen and oxygen atoms in total. The van der Waals surface area contributed by atoms with E-state index in [-0.39, 0.29) is 40.1 Å². The van der Waals surface area contributed by atoms with Crippen molar-refractivity contribution in [2.75, 3.05) is 13.1 Å². The van der Waals surface area contributed by atoms with Crippen LogP contribution in [0.4, 0.5) is 17.6 Å². The number of imidazole rings is 1. The van der Waals surface area contributed by atoms with E-state index in [2.05, 4.69) is 9.97 Å². The van der Waals surface area contributed by atoms with Gasteiger partial charge in [-0.1, -0.05) is 17.7 Å². The van der Waals surface area contributed by atoms with Gasteiger partial charge in [-0.05, 0) is 43.2 Å². The van der Waals surface area contributed by atoms with Gasteiger partial charge in [0.25, 0.3) is 0 Å². The Labute approximate surface area is 191 Å². The number of aliphatic hydroxyl groups is 1. The number of sulfonamides is 1. The summed E-state index contributed by atoms with van der Waals surface area (Å²) in [6, 6.07) is 6.78. The molecule has 0 bridgehead atoms. The van der Waals surface area contributed by atoms with Crippen molar-refractivity contribution in [2.24, 2.45) is 0 Å². The second-order valence-corrected chi connectivity index (χ2v) is 9.92. The molecular formula is C21H18ClF4N3O3S. The Kier molecular flexibility index (Phi) is 6.25. The van der Waals surface area contributed by atoms with Crippen LogP contribution >= 0.6 is 11.6 Å². The Hall–Kier alpha value is -2.47. The highest BCUT2D eigenvalue weighted by Gasteiger charge is 2.34. The number of rotatable bonds is 4. The first-order valence-electron chi connectivity index (χ1n) is 9.87. The summed E-state index contributed by atoms with van der Waals surface area (Å²) >= 11 is 6.17. The van der Waals surface area contributed by atoms with E-state index in [1.54, 1.807) is 0 Å². The first-order valence-corrected chi connectivity index (χ1v) is 11.7. The first kappa shape index (κ1) is 23.7. The van der Waals surface area contributed by atoms with E-state index >= 15 is 0 Å². The van der Waals surface area contributed by atoms with Crippen molar-refractivity contribution >= 4 is 21.6 Å². The van der Waals surface area contributed by atoms with Crippen molar-refractivity contribution in [3.8, 4) is 22.6 Å². The number of aliphatic hydroxyl groups excluding tert-OH is 1. The number of aromatic amines is 1. The number of piperidine rings is 1. The first-order chi connectivity index (χ1) is 15.5. The molecular weight excluding hydrogens is 486 g/mol. The smallest absolute Gasteiger partial charge is 0.393 e. The summed E-state index contributed by atoms with van der Waals surface area (Å²) in [7, 11) is -3.92. The summed E-state index contributed by atoms with van der Waals surface area (Å²) in [5, 5.41) is 9.66. The lowest BCUT2D eigenvalue weighted by molar-refractivity contribution is -0.139. The Balaban J connectivity index is 1.65. The van der Waals surface area contributed by atoms with Crippen molar-refractivity contribution in [1.82, 2.24) is 14.3 Å². The molecule has 0 atom stereocenters. The van der Waals surface area contributed by atoms with Crippen LogP contribution in [-0.4, -0.2) is 47.0 Å². The van der Waals surface area contributed by atoms with Gasteiger partial charge in [-0.2, -0.15) is 17.5 Å². The van der Waals surface area contributed by atoms with Crippen LogP contribution < -0.4 is 0 Å². The lowest BCUT2D eigenvalue weighted by Crippen LogP contribution is -2.40. The number of nitrogens with one attached hydrogen (secondary N) is 1. The third kappa shape index (κ3) is 4.77. The maximum Gasteiger partial charge on any atom is 0.419 e. The highest BCUT2D eigenvalue weighted by Crippen LogP contribution is 2.34. The van der Waals surface area contributed by atoms with Crippen LogP contribution in [0.2, 0.25) is 5.02 Å². The molecule has 2 heterocycles. The van der Waals surface area contributed by atoms with Gasteiger partial charge in [-0.25, -0.2) is 17.8 Å². The quantitative estimate of drug-likeness (QED) is 0.505. The maximum atomic E-state index is 13.9. The second-order valence-electron chi connectivity index (χ2n) is 7.61. The highest BCUT2D eigenvalue weighted by atomic mass is 35.5. The molecule has 2 aromatic carbocycles. The summed E-state index contributed by atoms with van der Waals surface area (Å²) < 4.78 is 79.7. The van der Waals surface area contributed by atoms with Gasteiger partial charge in [-0.3, -0.25) is 0 Å². The van der Waals surface area contributed by atoms with E-state index in [0.717, 1.165) is 12.1 Å². The molecule has 3 aromatic rings. The fourth-order valence-electron chi connectivity index (χ4n) is 3.59. The van der Waals surface area contributed by atoms with Crippen molar-refractivity contribution in [1.29, 1.82) is 0 Å². The van der Waals surface area contributed by atoms with E-state index in [4.69, 9.17) is 11.6 Å². The Morgan fingerprint density at radius 3 is 2.39 bits per heavy atom. The van der Waals surface area contributed by atoms with Crippen LogP contribution in [-0.2, 0) is 16.2 Å². The molecule has 1 aliphatic rings. The van der Waals surface area contributed by atoms with Gasteiger partial charge in [0.05, 0.1) is 22.4 Å². The van der Waals surface area contributed by atoms with E-state index in [1.165, 1.54) is 28.7 Å². The van der Waals surface area contributed by atoms with Crippen LogP contribution in [0.3, 0.4) is 0 Å². The lowest BCUT2D eigenvalue weighted by atomic mass is 10.1. The molecule has 0 unspecified atom stereocenters. The minimum Gasteiger partial charge on any atom is -0.393 e. The van der Waals surface area contributed by atoms with Crippen LogP contribution in [0.5, 0.6) is 0 Å². The molecule has 0 spiro atoms. The molecule has 1 fully saturated rings. The molecule has 0 amide bonds. The SMILES string of the molecule is O=S(=O)(c1cc(-c2nc(-c3ccc(C(F)(F)F)c(F)c3)c[nH]2)ccc1Cl)N1CCC(O)CC1. The monoisotopic (exact) mass is 503 g/mol. The average Bonchev–Trinajstić information content (AvgIpc) is 3.23. The minimum atomic E-state index is -4.81. The van der Waals surface area contributed by atoms with Crippen LogP contribution in [0, 0.1) is 5.82 Å². The largest absolute Gasteiger partial charge is 0.419 e. The fourth-order valence-corrected chi connectivity index (χ4v) is 5.56. The summed E-state index contributed by atoms with van der Waals surface area (Å²) in [6.45, 7) is 0.322. The summed E-state index contributed by atoms with van der Waals surface area (Å²) in [5.74, 6) is -1.19. The number of benzene rings is 2. The van der Waals surface area contributed by atoms with Crippen LogP contribution in [0.15, 0.2) is 47.5 Å². The molecule has 4 rings (SSSR count). The number of halogens is 5. The average molecular weight is 504 g/mol. The number of H-pyrrole nitrogens is 1. The van der Waals surface area contributed by atoms with Gasteiger partial charge in [0.15, 0.2) is 0 Å². The molecule has 1 saturated heterocycles. The van der Waals surface area contributed by atoms with E-state index in [0.29, 0.717) is 24.5 Å². The molecule has 33 heavy (non-hydrogen) atoms. The lowest BCUT2D eigenvalue weighted by Gasteiger charge is -2.29. The third-order valence-corrected chi connectivity index (χ3v) is 7.77. The fraction of sp³-hybridized carbons (Fsp3) is 0.286. The molecule has 12 heteroatoms. The van der Waals surface area contributed by atoms with Gasteiger partial charge in [-0.15, -0.1) is 0 Å². The van der Waals surface area contributed by atoms with Gasteiger partial charge >= 0.3 is 6.18 Å². The highest BCUT2D eigenvalue weighted by molar-refractivity contribution is 7.89. The van der Waals surface area contributed by atoms with Gasteiger partial charge in [0.1, 0.15) is 16.5 Å². The number of hydrogen-bond donors (Lipinski definition) is 2. The predicted molar refractivity (Wildman–Crippen MR) is 113 cm³/mol. The van der Waals surface area contributed by atoms with Gasteiger partial charge < -0.3 is 10.1 Å². The van der Waals surface area contributed by atoms with Crippen molar-refractivity contribution in [2.45, 2.75) is 30.0 Å². The van der Waals surface area contributed by atoms with Crippen LogP contribution in [0.25, 0.3) is 22.6 Å². The van der Waals surface area contributed by atoms with Gasteiger partial charge in [0.2, 0.25) is 10.0 Å². The molecule has 0 aliphatic carbocycles. The van der Waals surface area contributed by atoms with E-state index < -0.39 is 33.7 Å². The molecule has 1 aromatic heterocycles. The number of aromatic nitrogens is 2. The normalized spacial score (nSPS) is 16.3. The topological polar surface area (TPSA) is 86.3 Å². The van der Waals surface area contributed by atoms with Crippen LogP contribution in [0.1, 0.15) is 18.4 Å². The number of alkyl halides is 3. The molecule has 176 valence electrons. The zero-order valence-electron chi connectivity index (χ0n) is 16.9. The summed E-state index contributed by atoms with van der Waals surface area (Å²) in [6.07, 6.45) is -3.33. The van der Waals surface area contributed by atoms with E-state index in [1.807, 2.05) is 0 Å². The Bertz CT molecular complexity index is 1290. The predicted octanol–water partition coefficient (Wildman–Crippen LogP) is 4.70. The minimum absolute atomic E-state index is 0.0152. The van der Waals surface area contributed by atoms with Crippen molar-refractivity contribution in [3.63, 3.8) is 0 Å². The number of hydrogen-bond acceptors (Lipinski definition) is 4. The Morgan fingerprint density at radius 1 is 1.09 bits per heavy atom. The summed E-state index contributed by atoms with van der Waals surface area (Å²) in [5.41, 5.74) is -0.702. The molecule has 2 N–H and O–H groups in total. The van der Waals surface area contributed by atoms with Crippen molar-refractivity contribution < 1.29 is 31.1 Å². The van der Waals surface area contributed by atoms with Gasteiger partial charge in [0, 0.05) is 30.4 Å². The zero-order valence-corrected chi connectivity index (χ0v) is 18.5. The maximum absolute atomic E-state index is 13.9. The molecule has 1 aliphatic heterocycles. The second kappa shape index (κ2) is 8.71. The van der Waals surface area contributed by atoms with E-state index in [9.17, 15) is 31.1 Å².